The zero-order chi connectivity index (χ0) is 13.7. The van der Waals surface area contributed by atoms with E-state index in [1.54, 1.807) is 18.2 Å². The van der Waals surface area contributed by atoms with Gasteiger partial charge in [-0.05, 0) is 29.8 Å². The van der Waals surface area contributed by atoms with E-state index in [1.165, 1.54) is 0 Å². The van der Waals surface area contributed by atoms with Gasteiger partial charge in [-0.2, -0.15) is 0 Å². The van der Waals surface area contributed by atoms with Crippen LogP contribution in [0.15, 0.2) is 48.5 Å². The number of benzene rings is 2. The summed E-state index contributed by atoms with van der Waals surface area (Å²) < 4.78 is 0. The number of carbonyl (C=O) groups is 1. The zero-order valence-electron chi connectivity index (χ0n) is 10.2. The van der Waals surface area contributed by atoms with E-state index >= 15 is 0 Å². The molecule has 0 aliphatic heterocycles. The molecule has 0 saturated heterocycles. The Morgan fingerprint density at radius 2 is 1.84 bits per heavy atom. The SMILES string of the molecule is NC(=O)c1ccc(CCl)c(C#Cc2ccccc2)c1. The van der Waals surface area contributed by atoms with E-state index in [0.29, 0.717) is 11.4 Å². The highest BCUT2D eigenvalue weighted by Gasteiger charge is 2.04. The summed E-state index contributed by atoms with van der Waals surface area (Å²) in [6.45, 7) is 0. The van der Waals surface area contributed by atoms with Crippen molar-refractivity contribution >= 4 is 17.5 Å². The van der Waals surface area contributed by atoms with Crippen LogP contribution in [0.4, 0.5) is 0 Å². The third-order valence-corrected chi connectivity index (χ3v) is 2.94. The van der Waals surface area contributed by atoms with Gasteiger partial charge in [0.1, 0.15) is 0 Å². The first kappa shape index (κ1) is 13.2. The molecule has 0 bridgehead atoms. The lowest BCUT2D eigenvalue weighted by Crippen LogP contribution is -2.11. The predicted octanol–water partition coefficient (Wildman–Crippen LogP) is 2.92. The van der Waals surface area contributed by atoms with Crippen molar-refractivity contribution in [1.82, 2.24) is 0 Å². The molecule has 0 spiro atoms. The lowest BCUT2D eigenvalue weighted by atomic mass is 10.0. The zero-order valence-corrected chi connectivity index (χ0v) is 10.9. The minimum Gasteiger partial charge on any atom is -0.366 e. The summed E-state index contributed by atoms with van der Waals surface area (Å²) in [6.07, 6.45) is 0. The van der Waals surface area contributed by atoms with E-state index in [1.807, 2.05) is 30.3 Å². The molecule has 3 heteroatoms. The van der Waals surface area contributed by atoms with Crippen LogP contribution < -0.4 is 5.73 Å². The second-order valence-corrected chi connectivity index (χ2v) is 4.25. The highest BCUT2D eigenvalue weighted by Crippen LogP contribution is 2.13. The van der Waals surface area contributed by atoms with Gasteiger partial charge in [0.05, 0.1) is 0 Å². The van der Waals surface area contributed by atoms with Crippen LogP contribution in [0.25, 0.3) is 0 Å². The Morgan fingerprint density at radius 3 is 2.47 bits per heavy atom. The summed E-state index contributed by atoms with van der Waals surface area (Å²) in [5.74, 6) is 5.95. The molecule has 0 aromatic heterocycles. The fourth-order valence-corrected chi connectivity index (χ4v) is 1.86. The monoisotopic (exact) mass is 269 g/mol. The van der Waals surface area contributed by atoms with E-state index in [0.717, 1.165) is 16.7 Å². The van der Waals surface area contributed by atoms with Crippen molar-refractivity contribution in [3.05, 3.63) is 70.8 Å². The summed E-state index contributed by atoms with van der Waals surface area (Å²) in [7, 11) is 0. The normalized spacial score (nSPS) is 9.53. The van der Waals surface area contributed by atoms with Crippen LogP contribution in [0, 0.1) is 11.8 Å². The van der Waals surface area contributed by atoms with E-state index in [4.69, 9.17) is 17.3 Å². The molecule has 0 heterocycles. The minimum atomic E-state index is -0.469. The lowest BCUT2D eigenvalue weighted by Gasteiger charge is -2.02. The number of halogens is 1. The number of nitrogens with two attached hydrogens (primary N) is 1. The molecule has 2 aromatic rings. The van der Waals surface area contributed by atoms with Crippen LogP contribution in [-0.2, 0) is 5.88 Å². The molecule has 2 nitrogen and oxygen atoms in total. The standard InChI is InChI=1S/C16H12ClNO/c17-11-15-9-8-14(16(18)19)10-13(15)7-6-12-4-2-1-3-5-12/h1-5,8-10H,11H2,(H2,18,19). The maximum absolute atomic E-state index is 11.2. The topological polar surface area (TPSA) is 43.1 Å². The molecule has 0 fully saturated rings. The first-order chi connectivity index (χ1) is 9.20. The molecular weight excluding hydrogens is 258 g/mol. The van der Waals surface area contributed by atoms with Gasteiger partial charge in [0, 0.05) is 22.6 Å². The molecule has 2 N–H and O–H groups in total. The molecular formula is C16H12ClNO. The van der Waals surface area contributed by atoms with Crippen LogP contribution in [0.1, 0.15) is 27.0 Å². The first-order valence-corrected chi connectivity index (χ1v) is 6.30. The van der Waals surface area contributed by atoms with Gasteiger partial charge in [0.25, 0.3) is 0 Å². The highest BCUT2D eigenvalue weighted by atomic mass is 35.5. The molecule has 2 aromatic carbocycles. The van der Waals surface area contributed by atoms with Gasteiger partial charge in [-0.15, -0.1) is 11.6 Å². The number of hydrogen-bond donors (Lipinski definition) is 1. The van der Waals surface area contributed by atoms with E-state index in [-0.39, 0.29) is 0 Å². The fraction of sp³-hybridized carbons (Fsp3) is 0.0625. The van der Waals surface area contributed by atoms with Gasteiger partial charge in [0.2, 0.25) is 5.91 Å². The molecule has 0 aliphatic rings. The molecule has 0 saturated carbocycles. The van der Waals surface area contributed by atoms with E-state index in [9.17, 15) is 4.79 Å². The predicted molar refractivity (Wildman–Crippen MR) is 76.9 cm³/mol. The van der Waals surface area contributed by atoms with Gasteiger partial charge in [-0.25, -0.2) is 0 Å². The Labute approximate surface area is 117 Å². The van der Waals surface area contributed by atoms with E-state index < -0.39 is 5.91 Å². The fourth-order valence-electron chi connectivity index (χ4n) is 1.62. The lowest BCUT2D eigenvalue weighted by molar-refractivity contribution is 0.100. The Kier molecular flexibility index (Phi) is 4.22. The molecule has 0 unspecified atom stereocenters. The third-order valence-electron chi connectivity index (χ3n) is 2.65. The number of rotatable bonds is 2. The van der Waals surface area contributed by atoms with Crippen molar-refractivity contribution in [3.63, 3.8) is 0 Å². The minimum absolute atomic E-state index is 0.345. The van der Waals surface area contributed by atoms with Crippen LogP contribution in [0.3, 0.4) is 0 Å². The van der Waals surface area contributed by atoms with Gasteiger partial charge in [-0.1, -0.05) is 36.1 Å². The van der Waals surface area contributed by atoms with Crippen molar-refractivity contribution in [2.24, 2.45) is 5.73 Å². The average Bonchev–Trinajstić information content (AvgIpc) is 2.45. The summed E-state index contributed by atoms with van der Waals surface area (Å²) in [4.78, 5) is 11.2. The smallest absolute Gasteiger partial charge is 0.248 e. The Hall–Kier alpha value is -2.24. The Morgan fingerprint density at radius 1 is 1.11 bits per heavy atom. The van der Waals surface area contributed by atoms with E-state index in [2.05, 4.69) is 11.8 Å². The second-order valence-electron chi connectivity index (χ2n) is 3.99. The average molecular weight is 270 g/mol. The Balaban J connectivity index is 2.41. The summed E-state index contributed by atoms with van der Waals surface area (Å²) in [5.41, 5.74) is 8.22. The summed E-state index contributed by atoms with van der Waals surface area (Å²) in [6, 6.07) is 14.7. The van der Waals surface area contributed by atoms with Crippen molar-refractivity contribution in [2.45, 2.75) is 5.88 Å². The number of primary amides is 1. The number of alkyl halides is 1. The molecule has 0 atom stereocenters. The maximum atomic E-state index is 11.2. The summed E-state index contributed by atoms with van der Waals surface area (Å²) >= 11 is 5.86. The van der Waals surface area contributed by atoms with Gasteiger partial charge >= 0.3 is 0 Å². The van der Waals surface area contributed by atoms with Gasteiger partial charge < -0.3 is 5.73 Å². The maximum Gasteiger partial charge on any atom is 0.248 e. The van der Waals surface area contributed by atoms with Crippen molar-refractivity contribution in [2.75, 3.05) is 0 Å². The quantitative estimate of drug-likeness (QED) is 0.661. The molecule has 1 amide bonds. The van der Waals surface area contributed by atoms with Gasteiger partial charge in [-0.3, -0.25) is 4.79 Å². The van der Waals surface area contributed by atoms with Crippen LogP contribution in [0.5, 0.6) is 0 Å². The van der Waals surface area contributed by atoms with Gasteiger partial charge in [0.15, 0.2) is 0 Å². The second kappa shape index (κ2) is 6.08. The molecule has 0 aliphatic carbocycles. The van der Waals surface area contributed by atoms with Crippen LogP contribution in [-0.4, -0.2) is 5.91 Å². The molecule has 2 rings (SSSR count). The van der Waals surface area contributed by atoms with Crippen molar-refractivity contribution in [3.8, 4) is 11.8 Å². The molecule has 0 radical (unpaired) electrons. The summed E-state index contributed by atoms with van der Waals surface area (Å²) in [5, 5.41) is 0. The van der Waals surface area contributed by atoms with Crippen LogP contribution >= 0.6 is 11.6 Å². The van der Waals surface area contributed by atoms with Crippen molar-refractivity contribution < 1.29 is 4.79 Å². The number of amides is 1. The Bertz CT molecular complexity index is 653. The number of carbonyl (C=O) groups excluding carboxylic acids is 1. The third kappa shape index (κ3) is 3.37. The van der Waals surface area contributed by atoms with Crippen LogP contribution in [0.2, 0.25) is 0 Å². The highest BCUT2D eigenvalue weighted by molar-refractivity contribution is 6.17. The first-order valence-electron chi connectivity index (χ1n) is 5.76. The molecule has 94 valence electrons. The largest absolute Gasteiger partial charge is 0.366 e. The number of hydrogen-bond acceptors (Lipinski definition) is 1. The molecule has 19 heavy (non-hydrogen) atoms. The van der Waals surface area contributed by atoms with Crippen molar-refractivity contribution in [1.29, 1.82) is 0 Å².